The van der Waals surface area contributed by atoms with Gasteiger partial charge in [0, 0.05) is 17.1 Å². The molecule has 2 aromatic rings. The highest BCUT2D eigenvalue weighted by Gasteiger charge is 2.18. The van der Waals surface area contributed by atoms with Crippen molar-refractivity contribution >= 4 is 33.3 Å². The molecule has 0 aliphatic heterocycles. The summed E-state index contributed by atoms with van der Waals surface area (Å²) in [6.45, 7) is 0.840. The number of ether oxygens (including phenoxy) is 2. The highest BCUT2D eigenvalue weighted by Crippen LogP contribution is 2.30. The molecule has 0 spiro atoms. The van der Waals surface area contributed by atoms with Crippen molar-refractivity contribution in [2.24, 2.45) is 0 Å². The fraction of sp³-hybridized carbons (Fsp3) is 0.188. The van der Waals surface area contributed by atoms with E-state index in [4.69, 9.17) is 21.1 Å². The van der Waals surface area contributed by atoms with Crippen LogP contribution >= 0.6 is 27.5 Å². The normalized spacial score (nSPS) is 10.4. The third kappa shape index (κ3) is 3.84. The van der Waals surface area contributed by atoms with E-state index in [1.807, 2.05) is 6.07 Å². The molecule has 0 unspecified atom stereocenters. The number of halogens is 2. The summed E-state index contributed by atoms with van der Waals surface area (Å²) < 4.78 is 11.2. The SMILES string of the molecule is COCCOc1ccccc1C(=O)c1cccc(Br)c1Cl. The van der Waals surface area contributed by atoms with Gasteiger partial charge in [-0.1, -0.05) is 29.8 Å². The molecule has 0 atom stereocenters. The molecule has 0 radical (unpaired) electrons. The smallest absolute Gasteiger partial charge is 0.198 e. The Kier molecular flexibility index (Phi) is 5.79. The Balaban J connectivity index is 2.33. The fourth-order valence-electron chi connectivity index (χ4n) is 1.84. The van der Waals surface area contributed by atoms with Crippen molar-refractivity contribution in [1.82, 2.24) is 0 Å². The number of carbonyl (C=O) groups excluding carboxylic acids is 1. The third-order valence-corrected chi connectivity index (χ3v) is 4.17. The van der Waals surface area contributed by atoms with E-state index in [2.05, 4.69) is 15.9 Å². The zero-order valence-corrected chi connectivity index (χ0v) is 13.8. The summed E-state index contributed by atoms with van der Waals surface area (Å²) in [5, 5.41) is 0.397. The van der Waals surface area contributed by atoms with E-state index in [0.717, 1.165) is 0 Å². The van der Waals surface area contributed by atoms with Gasteiger partial charge in [-0.15, -0.1) is 0 Å². The van der Waals surface area contributed by atoms with Crippen LogP contribution in [0.3, 0.4) is 0 Å². The van der Waals surface area contributed by atoms with Gasteiger partial charge in [-0.2, -0.15) is 0 Å². The molecule has 2 rings (SSSR count). The number of rotatable bonds is 6. The third-order valence-electron chi connectivity index (χ3n) is 2.87. The first kappa shape index (κ1) is 16.0. The summed E-state index contributed by atoms with van der Waals surface area (Å²) >= 11 is 9.51. The van der Waals surface area contributed by atoms with Crippen LogP contribution in [0.5, 0.6) is 5.75 Å². The number of hydrogen-bond acceptors (Lipinski definition) is 3. The van der Waals surface area contributed by atoms with E-state index in [1.54, 1.807) is 43.5 Å². The van der Waals surface area contributed by atoms with E-state index >= 15 is 0 Å². The number of carbonyl (C=O) groups is 1. The first-order chi connectivity index (χ1) is 10.1. The second-order valence-corrected chi connectivity index (χ2v) is 5.50. The lowest BCUT2D eigenvalue weighted by atomic mass is 10.0. The molecule has 0 amide bonds. The molecule has 0 aromatic heterocycles. The highest BCUT2D eigenvalue weighted by molar-refractivity contribution is 9.10. The molecule has 5 heteroatoms. The van der Waals surface area contributed by atoms with E-state index in [-0.39, 0.29) is 5.78 Å². The van der Waals surface area contributed by atoms with Gasteiger partial charge in [0.1, 0.15) is 12.4 Å². The maximum Gasteiger partial charge on any atom is 0.198 e. The standard InChI is InChI=1S/C16H14BrClO3/c1-20-9-10-21-14-8-3-2-5-11(14)16(19)12-6-4-7-13(17)15(12)18/h2-8H,9-10H2,1H3. The molecule has 0 fully saturated rings. The number of methoxy groups -OCH3 is 1. The molecular weight excluding hydrogens is 356 g/mol. The number of ketones is 1. The van der Waals surface area contributed by atoms with Crippen LogP contribution in [0.2, 0.25) is 5.02 Å². The van der Waals surface area contributed by atoms with Crippen LogP contribution in [0.4, 0.5) is 0 Å². The van der Waals surface area contributed by atoms with Crippen molar-refractivity contribution in [2.75, 3.05) is 20.3 Å². The zero-order valence-electron chi connectivity index (χ0n) is 11.4. The zero-order chi connectivity index (χ0) is 15.2. The number of para-hydroxylation sites is 1. The van der Waals surface area contributed by atoms with E-state index in [0.29, 0.717) is 39.6 Å². The Morgan fingerprint density at radius 2 is 1.81 bits per heavy atom. The Morgan fingerprint density at radius 1 is 1.10 bits per heavy atom. The summed E-state index contributed by atoms with van der Waals surface area (Å²) in [6.07, 6.45) is 0. The van der Waals surface area contributed by atoms with Gasteiger partial charge < -0.3 is 9.47 Å². The lowest BCUT2D eigenvalue weighted by molar-refractivity contribution is 0.103. The average molecular weight is 370 g/mol. The molecule has 0 aliphatic carbocycles. The summed E-state index contributed by atoms with van der Waals surface area (Å²) in [6, 6.07) is 12.4. The average Bonchev–Trinajstić information content (AvgIpc) is 2.50. The van der Waals surface area contributed by atoms with Crippen LogP contribution in [0, 0.1) is 0 Å². The first-order valence-corrected chi connectivity index (χ1v) is 7.51. The van der Waals surface area contributed by atoms with Crippen molar-refractivity contribution in [3.63, 3.8) is 0 Å². The summed E-state index contributed by atoms with van der Waals surface area (Å²) in [5.41, 5.74) is 0.919. The van der Waals surface area contributed by atoms with Crippen molar-refractivity contribution in [2.45, 2.75) is 0 Å². The molecule has 21 heavy (non-hydrogen) atoms. The predicted molar refractivity (Wildman–Crippen MR) is 86.4 cm³/mol. The molecule has 0 saturated carbocycles. The summed E-state index contributed by atoms with van der Waals surface area (Å²) in [5.74, 6) is 0.352. The number of hydrogen-bond donors (Lipinski definition) is 0. The maximum absolute atomic E-state index is 12.7. The monoisotopic (exact) mass is 368 g/mol. The van der Waals surface area contributed by atoms with Crippen molar-refractivity contribution in [3.8, 4) is 5.75 Å². The Labute approximate surface area is 137 Å². The molecule has 3 nitrogen and oxygen atoms in total. The number of benzene rings is 2. The molecule has 2 aromatic carbocycles. The second-order valence-electron chi connectivity index (χ2n) is 4.27. The van der Waals surface area contributed by atoms with Gasteiger partial charge in [0.25, 0.3) is 0 Å². The molecule has 0 heterocycles. The topological polar surface area (TPSA) is 35.5 Å². The maximum atomic E-state index is 12.7. The largest absolute Gasteiger partial charge is 0.490 e. The Hall–Kier alpha value is -1.36. The van der Waals surface area contributed by atoms with Crippen LogP contribution in [0.15, 0.2) is 46.9 Å². The van der Waals surface area contributed by atoms with E-state index < -0.39 is 0 Å². The van der Waals surface area contributed by atoms with Gasteiger partial charge in [0.15, 0.2) is 5.78 Å². The van der Waals surface area contributed by atoms with Gasteiger partial charge >= 0.3 is 0 Å². The lowest BCUT2D eigenvalue weighted by Gasteiger charge is -2.11. The van der Waals surface area contributed by atoms with Gasteiger partial charge in [-0.05, 0) is 40.2 Å². The molecule has 0 saturated heterocycles. The molecule has 0 aliphatic rings. The van der Waals surface area contributed by atoms with Crippen LogP contribution in [-0.2, 0) is 4.74 Å². The molecule has 0 bridgehead atoms. The highest BCUT2D eigenvalue weighted by atomic mass is 79.9. The quantitative estimate of drug-likeness (QED) is 0.560. The second kappa shape index (κ2) is 7.59. The fourth-order valence-corrected chi connectivity index (χ4v) is 2.42. The van der Waals surface area contributed by atoms with E-state index in [1.165, 1.54) is 0 Å². The van der Waals surface area contributed by atoms with Crippen molar-refractivity contribution in [3.05, 3.63) is 63.1 Å². The summed E-state index contributed by atoms with van der Waals surface area (Å²) in [7, 11) is 1.60. The van der Waals surface area contributed by atoms with Crippen molar-refractivity contribution in [1.29, 1.82) is 0 Å². The minimum atomic E-state index is -0.172. The van der Waals surface area contributed by atoms with Crippen LogP contribution in [0.25, 0.3) is 0 Å². The van der Waals surface area contributed by atoms with Gasteiger partial charge in [-0.3, -0.25) is 4.79 Å². The molecule has 110 valence electrons. The summed E-state index contributed by atoms with van der Waals surface area (Å²) in [4.78, 5) is 12.7. The molecule has 0 N–H and O–H groups in total. The molecular formula is C16H14BrClO3. The van der Waals surface area contributed by atoms with Crippen LogP contribution in [-0.4, -0.2) is 26.1 Å². The Morgan fingerprint density at radius 3 is 2.57 bits per heavy atom. The van der Waals surface area contributed by atoms with Crippen molar-refractivity contribution < 1.29 is 14.3 Å². The minimum Gasteiger partial charge on any atom is -0.490 e. The van der Waals surface area contributed by atoms with Gasteiger partial charge in [-0.25, -0.2) is 0 Å². The first-order valence-electron chi connectivity index (χ1n) is 6.34. The van der Waals surface area contributed by atoms with Gasteiger partial charge in [0.2, 0.25) is 0 Å². The van der Waals surface area contributed by atoms with Crippen LogP contribution in [0.1, 0.15) is 15.9 Å². The van der Waals surface area contributed by atoms with Crippen LogP contribution < -0.4 is 4.74 Å². The predicted octanol–water partition coefficient (Wildman–Crippen LogP) is 4.36. The minimum absolute atomic E-state index is 0.172. The van der Waals surface area contributed by atoms with E-state index in [9.17, 15) is 4.79 Å². The van der Waals surface area contributed by atoms with Gasteiger partial charge in [0.05, 0.1) is 17.2 Å². The Bertz CT molecular complexity index is 643. The lowest BCUT2D eigenvalue weighted by Crippen LogP contribution is -2.09.